The van der Waals surface area contributed by atoms with Crippen LogP contribution in [0.25, 0.3) is 11.3 Å². The molecule has 8 heteroatoms. The van der Waals surface area contributed by atoms with E-state index >= 15 is 0 Å². The zero-order valence-electron chi connectivity index (χ0n) is 17.4. The molecule has 1 saturated heterocycles. The van der Waals surface area contributed by atoms with Gasteiger partial charge in [-0.3, -0.25) is 9.59 Å². The molecule has 0 unspecified atom stereocenters. The Kier molecular flexibility index (Phi) is 5.34. The van der Waals surface area contributed by atoms with Gasteiger partial charge in [-0.15, -0.1) is 0 Å². The van der Waals surface area contributed by atoms with Gasteiger partial charge in [-0.1, -0.05) is 0 Å². The molecule has 2 aromatic carbocycles. The van der Waals surface area contributed by atoms with Crippen LogP contribution in [0.3, 0.4) is 0 Å². The molecule has 0 saturated carbocycles. The van der Waals surface area contributed by atoms with E-state index in [9.17, 15) is 14.0 Å². The van der Waals surface area contributed by atoms with Crippen LogP contribution in [0.5, 0.6) is 11.5 Å². The second kappa shape index (κ2) is 8.45. The summed E-state index contributed by atoms with van der Waals surface area (Å²) in [5.74, 6) is 0.774. The molecule has 1 aromatic heterocycles. The largest absolute Gasteiger partial charge is 0.486 e. The Hall–Kier alpha value is -3.68. The lowest BCUT2D eigenvalue weighted by molar-refractivity contribution is 0.0719. The van der Waals surface area contributed by atoms with Crippen molar-refractivity contribution in [3.8, 4) is 22.8 Å². The molecular formula is C24H22FN3O4. The Morgan fingerprint density at radius 3 is 2.62 bits per heavy atom. The molecule has 2 aliphatic heterocycles. The predicted octanol–water partition coefficient (Wildman–Crippen LogP) is 3.13. The Bertz CT molecular complexity index is 1210. The molecule has 1 atom stereocenters. The van der Waals surface area contributed by atoms with Gasteiger partial charge in [0.1, 0.15) is 19.0 Å². The highest BCUT2D eigenvalue weighted by molar-refractivity contribution is 5.95. The predicted molar refractivity (Wildman–Crippen MR) is 115 cm³/mol. The van der Waals surface area contributed by atoms with Gasteiger partial charge >= 0.3 is 0 Å². The van der Waals surface area contributed by atoms with Crippen molar-refractivity contribution in [3.05, 3.63) is 76.3 Å². The van der Waals surface area contributed by atoms with Crippen molar-refractivity contribution < 1.29 is 18.7 Å². The van der Waals surface area contributed by atoms with Gasteiger partial charge in [0.2, 0.25) is 0 Å². The molecule has 3 heterocycles. The molecular weight excluding hydrogens is 413 g/mol. The van der Waals surface area contributed by atoms with Gasteiger partial charge in [0, 0.05) is 23.7 Å². The molecule has 1 amide bonds. The summed E-state index contributed by atoms with van der Waals surface area (Å²) in [6, 6.07) is 14.1. The molecule has 7 nitrogen and oxygen atoms in total. The van der Waals surface area contributed by atoms with E-state index in [4.69, 9.17) is 9.47 Å². The highest BCUT2D eigenvalue weighted by Crippen LogP contribution is 2.32. The second-order valence-corrected chi connectivity index (χ2v) is 7.90. The van der Waals surface area contributed by atoms with E-state index in [-0.39, 0.29) is 23.3 Å². The summed E-state index contributed by atoms with van der Waals surface area (Å²) in [6.45, 7) is 1.86. The van der Waals surface area contributed by atoms with Crippen LogP contribution in [0.2, 0.25) is 0 Å². The van der Waals surface area contributed by atoms with Crippen LogP contribution in [0.1, 0.15) is 23.2 Å². The Balaban J connectivity index is 1.37. The van der Waals surface area contributed by atoms with Crippen molar-refractivity contribution in [2.45, 2.75) is 25.4 Å². The van der Waals surface area contributed by atoms with Gasteiger partial charge < -0.3 is 14.4 Å². The highest BCUT2D eigenvalue weighted by Gasteiger charge is 2.31. The number of aromatic nitrogens is 2. The molecule has 32 heavy (non-hydrogen) atoms. The number of benzene rings is 2. The van der Waals surface area contributed by atoms with Crippen molar-refractivity contribution >= 4 is 5.91 Å². The van der Waals surface area contributed by atoms with Crippen molar-refractivity contribution in [1.82, 2.24) is 14.7 Å². The molecule has 0 aliphatic carbocycles. The number of likely N-dealkylation sites (tertiary alicyclic amines) is 1. The summed E-state index contributed by atoms with van der Waals surface area (Å²) in [7, 11) is 0. The van der Waals surface area contributed by atoms with Gasteiger partial charge in [-0.25, -0.2) is 9.07 Å². The average molecular weight is 435 g/mol. The smallest absolute Gasteiger partial charge is 0.266 e. The first-order valence-corrected chi connectivity index (χ1v) is 10.6. The number of hydrogen-bond donors (Lipinski definition) is 0. The van der Waals surface area contributed by atoms with Gasteiger partial charge in [0.15, 0.2) is 11.5 Å². The molecule has 2 aliphatic rings. The number of carbonyl (C=O) groups excluding carboxylic acids is 1. The Morgan fingerprint density at radius 2 is 1.81 bits per heavy atom. The minimum Gasteiger partial charge on any atom is -0.486 e. The van der Waals surface area contributed by atoms with Gasteiger partial charge in [-0.2, -0.15) is 5.10 Å². The zero-order valence-corrected chi connectivity index (χ0v) is 17.4. The number of fused-ring (bicyclic) bond motifs is 1. The zero-order chi connectivity index (χ0) is 22.1. The van der Waals surface area contributed by atoms with Crippen LogP contribution in [-0.2, 0) is 6.54 Å². The molecule has 3 aromatic rings. The number of carbonyl (C=O) groups is 1. The summed E-state index contributed by atoms with van der Waals surface area (Å²) in [5, 5.41) is 4.47. The van der Waals surface area contributed by atoms with E-state index in [0.717, 1.165) is 18.4 Å². The fraction of sp³-hybridized carbons (Fsp3) is 0.292. The van der Waals surface area contributed by atoms with Crippen molar-refractivity contribution in [2.24, 2.45) is 0 Å². The molecule has 1 fully saturated rings. The molecule has 5 rings (SSSR count). The minimum atomic E-state index is -0.332. The number of amides is 1. The lowest BCUT2D eigenvalue weighted by Gasteiger charge is -2.26. The number of ether oxygens (including phenoxy) is 2. The maximum atomic E-state index is 13.2. The minimum absolute atomic E-state index is 0.104. The SMILES string of the molecule is O=C(c1ccc2c(c1)OCCO2)N1CCC[C@H]1Cn1nc(-c2ccc(F)cc2)ccc1=O. The Morgan fingerprint density at radius 1 is 1.03 bits per heavy atom. The fourth-order valence-corrected chi connectivity index (χ4v) is 4.19. The summed E-state index contributed by atoms with van der Waals surface area (Å²) < 4.78 is 25.8. The first kappa shape index (κ1) is 20.2. The first-order valence-electron chi connectivity index (χ1n) is 10.6. The van der Waals surface area contributed by atoms with Gasteiger partial charge in [-0.05, 0) is 61.4 Å². The first-order chi connectivity index (χ1) is 15.6. The van der Waals surface area contributed by atoms with Crippen LogP contribution < -0.4 is 15.0 Å². The van der Waals surface area contributed by atoms with Gasteiger partial charge in [0.05, 0.1) is 18.3 Å². The topological polar surface area (TPSA) is 73.7 Å². The van der Waals surface area contributed by atoms with Crippen LogP contribution in [0.15, 0.2) is 59.4 Å². The number of rotatable bonds is 4. The molecule has 0 bridgehead atoms. The van der Waals surface area contributed by atoms with E-state index in [1.807, 2.05) is 0 Å². The highest BCUT2D eigenvalue weighted by atomic mass is 19.1. The van der Waals surface area contributed by atoms with E-state index in [0.29, 0.717) is 49.1 Å². The number of hydrogen-bond acceptors (Lipinski definition) is 5. The van der Waals surface area contributed by atoms with Crippen molar-refractivity contribution in [1.29, 1.82) is 0 Å². The second-order valence-electron chi connectivity index (χ2n) is 7.90. The Labute approximate surface area is 184 Å². The van der Waals surface area contributed by atoms with Crippen molar-refractivity contribution in [3.63, 3.8) is 0 Å². The van der Waals surface area contributed by atoms with E-state index in [1.165, 1.54) is 22.9 Å². The lowest BCUT2D eigenvalue weighted by atomic mass is 10.1. The molecule has 164 valence electrons. The van der Waals surface area contributed by atoms with Crippen LogP contribution in [0.4, 0.5) is 4.39 Å². The summed E-state index contributed by atoms with van der Waals surface area (Å²) >= 11 is 0. The third-order valence-electron chi connectivity index (χ3n) is 5.82. The van der Waals surface area contributed by atoms with E-state index in [2.05, 4.69) is 5.10 Å². The molecule has 0 spiro atoms. The standard InChI is InChI=1S/C24H22FN3O4/c25-18-6-3-16(4-7-18)20-8-10-23(29)28(26-20)15-19-2-1-11-27(19)24(30)17-5-9-21-22(14-17)32-13-12-31-21/h3-10,14,19H,1-2,11-13,15H2/t19-/m0/s1. The van der Waals surface area contributed by atoms with Crippen LogP contribution in [0, 0.1) is 5.82 Å². The van der Waals surface area contributed by atoms with Crippen LogP contribution in [-0.4, -0.2) is 46.4 Å². The summed E-state index contributed by atoms with van der Waals surface area (Å²) in [4.78, 5) is 27.5. The maximum Gasteiger partial charge on any atom is 0.266 e. The van der Waals surface area contributed by atoms with Gasteiger partial charge in [0.25, 0.3) is 11.5 Å². The van der Waals surface area contributed by atoms with E-state index in [1.54, 1.807) is 41.3 Å². The average Bonchev–Trinajstić information content (AvgIpc) is 3.28. The summed E-state index contributed by atoms with van der Waals surface area (Å²) in [6.07, 6.45) is 1.64. The molecule has 0 radical (unpaired) electrons. The lowest BCUT2D eigenvalue weighted by Crippen LogP contribution is -2.40. The summed E-state index contributed by atoms with van der Waals surface area (Å²) in [5.41, 5.74) is 1.58. The van der Waals surface area contributed by atoms with Crippen LogP contribution >= 0.6 is 0 Å². The normalized spacial score (nSPS) is 17.4. The third kappa shape index (κ3) is 3.95. The molecule has 0 N–H and O–H groups in total. The fourth-order valence-electron chi connectivity index (χ4n) is 4.19. The number of nitrogens with zero attached hydrogens (tertiary/aromatic N) is 3. The third-order valence-corrected chi connectivity index (χ3v) is 5.82. The number of halogens is 1. The quantitative estimate of drug-likeness (QED) is 0.630. The monoisotopic (exact) mass is 435 g/mol. The van der Waals surface area contributed by atoms with E-state index < -0.39 is 0 Å². The maximum absolute atomic E-state index is 13.2. The van der Waals surface area contributed by atoms with Crippen molar-refractivity contribution in [2.75, 3.05) is 19.8 Å².